The Labute approximate surface area is 399 Å². The van der Waals surface area contributed by atoms with E-state index in [1.54, 1.807) is 0 Å². The molecule has 0 heterocycles. The molecule has 0 bridgehead atoms. The van der Waals surface area contributed by atoms with Gasteiger partial charge in [-0.2, -0.15) is 0 Å². The average Bonchev–Trinajstić information content (AvgIpc) is 3.29. The lowest BCUT2D eigenvalue weighted by Crippen LogP contribution is -2.30. The fraction of sp³-hybridized carbons (Fsp3) is 0.948. The van der Waals surface area contributed by atoms with Gasteiger partial charge in [-0.3, -0.25) is 14.4 Å². The van der Waals surface area contributed by atoms with Gasteiger partial charge in [0.25, 0.3) is 0 Å². The first-order valence-electron chi connectivity index (χ1n) is 29.0. The zero-order valence-electron chi connectivity index (χ0n) is 43.6. The predicted molar refractivity (Wildman–Crippen MR) is 275 cm³/mol. The molecule has 0 saturated heterocycles. The molecule has 0 aromatic rings. The van der Waals surface area contributed by atoms with E-state index in [0.29, 0.717) is 19.3 Å². The summed E-state index contributed by atoms with van der Waals surface area (Å²) in [5.41, 5.74) is 0. The highest BCUT2D eigenvalue weighted by Gasteiger charge is 2.19. The summed E-state index contributed by atoms with van der Waals surface area (Å²) in [5.74, 6) is -0.836. The molecule has 380 valence electrons. The Morgan fingerprint density at radius 2 is 0.422 bits per heavy atom. The summed E-state index contributed by atoms with van der Waals surface area (Å²) in [4.78, 5) is 38.0. The number of esters is 3. The van der Waals surface area contributed by atoms with E-state index < -0.39 is 6.10 Å². The molecule has 0 saturated carbocycles. The fourth-order valence-corrected chi connectivity index (χ4v) is 8.98. The summed E-state index contributed by atoms with van der Waals surface area (Å²) in [7, 11) is 0. The molecule has 1 atom stereocenters. The van der Waals surface area contributed by atoms with Gasteiger partial charge in [0.15, 0.2) is 6.10 Å². The van der Waals surface area contributed by atoms with E-state index in [2.05, 4.69) is 20.8 Å². The fourth-order valence-electron chi connectivity index (χ4n) is 8.98. The first-order valence-corrected chi connectivity index (χ1v) is 29.0. The van der Waals surface area contributed by atoms with Gasteiger partial charge in [0.05, 0.1) is 0 Å². The zero-order valence-corrected chi connectivity index (χ0v) is 43.6. The van der Waals surface area contributed by atoms with Crippen molar-refractivity contribution in [3.63, 3.8) is 0 Å². The van der Waals surface area contributed by atoms with E-state index in [1.807, 2.05) is 0 Å². The van der Waals surface area contributed by atoms with Crippen molar-refractivity contribution in [3.8, 4) is 0 Å². The number of carbonyl (C=O) groups is 3. The highest BCUT2D eigenvalue weighted by Crippen LogP contribution is 2.18. The molecule has 0 radical (unpaired) electrons. The van der Waals surface area contributed by atoms with Crippen molar-refractivity contribution < 1.29 is 28.6 Å². The molecular formula is C58H112O6. The lowest BCUT2D eigenvalue weighted by Gasteiger charge is -2.18. The Hall–Kier alpha value is -1.59. The van der Waals surface area contributed by atoms with Crippen LogP contribution in [0.2, 0.25) is 0 Å². The van der Waals surface area contributed by atoms with Gasteiger partial charge in [0.2, 0.25) is 0 Å². The van der Waals surface area contributed by atoms with Crippen LogP contribution < -0.4 is 0 Å². The summed E-state index contributed by atoms with van der Waals surface area (Å²) in [6.07, 6.45) is 59.6. The number of carbonyl (C=O) groups excluding carboxylic acids is 3. The van der Waals surface area contributed by atoms with Gasteiger partial charge in [0.1, 0.15) is 13.2 Å². The minimum atomic E-state index is -0.760. The second-order valence-corrected chi connectivity index (χ2v) is 19.9. The Balaban J connectivity index is 4.19. The number of hydrogen-bond donors (Lipinski definition) is 0. The normalized spacial score (nSPS) is 11.9. The van der Waals surface area contributed by atoms with Gasteiger partial charge in [0, 0.05) is 19.3 Å². The molecule has 0 aromatic heterocycles. The van der Waals surface area contributed by atoms with E-state index in [-0.39, 0.29) is 31.1 Å². The molecule has 1 unspecified atom stereocenters. The largest absolute Gasteiger partial charge is 0.462 e. The first-order chi connectivity index (χ1) is 31.5. The Kier molecular flexibility index (Phi) is 52.7. The molecule has 6 heteroatoms. The maximum atomic E-state index is 12.8. The van der Waals surface area contributed by atoms with Gasteiger partial charge >= 0.3 is 17.9 Å². The SMILES string of the molecule is CCCCCCCCCCCCCCCCCCCCCC(=O)OCC(COC(=O)CCCCCCCCCCC)OC(=O)CCCCCCCCCCCCCCCCCCCC. The van der Waals surface area contributed by atoms with Gasteiger partial charge in [-0.1, -0.05) is 297 Å². The van der Waals surface area contributed by atoms with E-state index in [0.717, 1.165) is 57.8 Å². The van der Waals surface area contributed by atoms with E-state index in [1.165, 1.54) is 238 Å². The molecule has 0 rings (SSSR count). The summed E-state index contributed by atoms with van der Waals surface area (Å²) in [6.45, 7) is 6.69. The van der Waals surface area contributed by atoms with Crippen molar-refractivity contribution in [2.75, 3.05) is 13.2 Å². The molecule has 64 heavy (non-hydrogen) atoms. The van der Waals surface area contributed by atoms with Crippen molar-refractivity contribution in [2.45, 2.75) is 341 Å². The summed E-state index contributed by atoms with van der Waals surface area (Å²) in [5, 5.41) is 0. The van der Waals surface area contributed by atoms with Gasteiger partial charge < -0.3 is 14.2 Å². The average molecular weight is 906 g/mol. The smallest absolute Gasteiger partial charge is 0.306 e. The highest BCUT2D eigenvalue weighted by molar-refractivity contribution is 5.71. The molecule has 6 nitrogen and oxygen atoms in total. The van der Waals surface area contributed by atoms with Crippen LogP contribution in [0.5, 0.6) is 0 Å². The standard InChI is InChI=1S/C58H112O6/c1-4-7-10-13-16-19-21-23-25-27-29-31-32-34-36-39-42-45-48-51-57(60)63-54-55(53-62-56(59)50-47-44-41-38-18-15-12-9-6-3)64-58(61)52-49-46-43-40-37-35-33-30-28-26-24-22-20-17-14-11-8-5-2/h55H,4-54H2,1-3H3. The third-order valence-corrected chi connectivity index (χ3v) is 13.4. The quantitative estimate of drug-likeness (QED) is 0.0344. The number of hydrogen-bond acceptors (Lipinski definition) is 6. The molecule has 0 amide bonds. The van der Waals surface area contributed by atoms with Crippen LogP contribution in [-0.2, 0) is 28.6 Å². The van der Waals surface area contributed by atoms with Crippen LogP contribution in [0.1, 0.15) is 335 Å². The lowest BCUT2D eigenvalue weighted by atomic mass is 10.0. The van der Waals surface area contributed by atoms with Gasteiger partial charge in [-0.15, -0.1) is 0 Å². The Bertz CT molecular complexity index is 951. The maximum absolute atomic E-state index is 12.8. The van der Waals surface area contributed by atoms with Crippen molar-refractivity contribution in [2.24, 2.45) is 0 Å². The Morgan fingerprint density at radius 3 is 0.625 bits per heavy atom. The second kappa shape index (κ2) is 54.0. The van der Waals surface area contributed by atoms with E-state index in [9.17, 15) is 14.4 Å². The van der Waals surface area contributed by atoms with Crippen molar-refractivity contribution >= 4 is 17.9 Å². The molecule has 0 aliphatic heterocycles. The van der Waals surface area contributed by atoms with Gasteiger partial charge in [-0.25, -0.2) is 0 Å². The van der Waals surface area contributed by atoms with Crippen LogP contribution in [0.25, 0.3) is 0 Å². The summed E-state index contributed by atoms with van der Waals surface area (Å²) in [6, 6.07) is 0. The van der Waals surface area contributed by atoms with Crippen LogP contribution in [0, 0.1) is 0 Å². The predicted octanol–water partition coefficient (Wildman–Crippen LogP) is 19.2. The topological polar surface area (TPSA) is 78.9 Å². The molecule has 0 aromatic carbocycles. The van der Waals surface area contributed by atoms with E-state index >= 15 is 0 Å². The third kappa shape index (κ3) is 51.4. The van der Waals surface area contributed by atoms with Gasteiger partial charge in [-0.05, 0) is 19.3 Å². The molecule has 0 aliphatic rings. The minimum Gasteiger partial charge on any atom is -0.462 e. The van der Waals surface area contributed by atoms with Crippen LogP contribution in [0.4, 0.5) is 0 Å². The van der Waals surface area contributed by atoms with Crippen molar-refractivity contribution in [3.05, 3.63) is 0 Å². The number of rotatable bonds is 54. The van der Waals surface area contributed by atoms with Crippen LogP contribution in [0.15, 0.2) is 0 Å². The number of ether oxygens (including phenoxy) is 3. The molecule has 0 fully saturated rings. The minimum absolute atomic E-state index is 0.0614. The third-order valence-electron chi connectivity index (χ3n) is 13.4. The molecular weight excluding hydrogens is 793 g/mol. The molecule has 0 spiro atoms. The lowest BCUT2D eigenvalue weighted by molar-refractivity contribution is -0.167. The zero-order chi connectivity index (χ0) is 46.5. The monoisotopic (exact) mass is 905 g/mol. The maximum Gasteiger partial charge on any atom is 0.306 e. The van der Waals surface area contributed by atoms with Crippen LogP contribution in [-0.4, -0.2) is 37.2 Å². The van der Waals surface area contributed by atoms with Crippen molar-refractivity contribution in [1.82, 2.24) is 0 Å². The summed E-state index contributed by atoms with van der Waals surface area (Å²) >= 11 is 0. The number of unbranched alkanes of at least 4 members (excludes halogenated alkanes) is 43. The highest BCUT2D eigenvalue weighted by atomic mass is 16.6. The second-order valence-electron chi connectivity index (χ2n) is 19.9. The molecule has 0 N–H and O–H groups in total. The van der Waals surface area contributed by atoms with Crippen molar-refractivity contribution in [1.29, 1.82) is 0 Å². The Morgan fingerprint density at radius 1 is 0.250 bits per heavy atom. The van der Waals surface area contributed by atoms with Crippen LogP contribution in [0.3, 0.4) is 0 Å². The first kappa shape index (κ1) is 62.4. The summed E-state index contributed by atoms with van der Waals surface area (Å²) < 4.78 is 16.8. The van der Waals surface area contributed by atoms with E-state index in [4.69, 9.17) is 14.2 Å². The van der Waals surface area contributed by atoms with Crippen LogP contribution >= 0.6 is 0 Å². The molecule has 0 aliphatic carbocycles.